The van der Waals surface area contributed by atoms with E-state index in [1.807, 2.05) is 0 Å². The summed E-state index contributed by atoms with van der Waals surface area (Å²) < 4.78 is 4.86. The van der Waals surface area contributed by atoms with Crippen molar-refractivity contribution in [3.05, 3.63) is 29.3 Å². The fraction of sp³-hybridized carbons (Fsp3) is 0.333. The molecule has 0 aliphatic rings. The Labute approximate surface area is 103 Å². The molecule has 1 rings (SSSR count). The van der Waals surface area contributed by atoms with Crippen LogP contribution in [0.25, 0.3) is 0 Å². The first kappa shape index (κ1) is 14.1. The molecule has 0 saturated heterocycles. The Kier molecular flexibility index (Phi) is 4.05. The summed E-state index contributed by atoms with van der Waals surface area (Å²) in [5.74, 6) is -4.02. The van der Waals surface area contributed by atoms with Gasteiger partial charge in [0, 0.05) is 5.56 Å². The number of carboxylic acids is 1. The van der Waals surface area contributed by atoms with Gasteiger partial charge in [-0.25, -0.2) is 4.79 Å². The van der Waals surface area contributed by atoms with Crippen LogP contribution in [0.3, 0.4) is 0 Å². The van der Waals surface area contributed by atoms with Crippen molar-refractivity contribution in [3.63, 3.8) is 0 Å². The van der Waals surface area contributed by atoms with Crippen molar-refractivity contribution < 1.29 is 29.6 Å². The topological polar surface area (TPSA) is 107 Å². The van der Waals surface area contributed by atoms with Crippen molar-refractivity contribution in [3.8, 4) is 5.75 Å². The van der Waals surface area contributed by atoms with Crippen LogP contribution in [0, 0.1) is 0 Å². The summed E-state index contributed by atoms with van der Waals surface area (Å²) in [5.41, 5.74) is -0.416. The molecule has 0 aromatic heterocycles. The molecule has 0 bridgehead atoms. The molecule has 0 fully saturated rings. The predicted molar refractivity (Wildman–Crippen MR) is 59.4 cm³/mol. The van der Waals surface area contributed by atoms with E-state index >= 15 is 0 Å². The molecule has 0 radical (unpaired) electrons. The Morgan fingerprint density at radius 3 is 2.50 bits per heavy atom. The quantitative estimate of drug-likeness (QED) is 0.580. The molecule has 0 atom stereocenters. The number of carboxylic acid groups (broad SMARTS) is 1. The Balaban J connectivity index is 2.87. The number of ether oxygens (including phenoxy) is 1. The molecular weight excluding hydrogens is 240 g/mol. The van der Waals surface area contributed by atoms with Crippen LogP contribution >= 0.6 is 0 Å². The highest BCUT2D eigenvalue weighted by atomic mass is 16.6. The van der Waals surface area contributed by atoms with Gasteiger partial charge < -0.3 is 20.1 Å². The van der Waals surface area contributed by atoms with Crippen molar-refractivity contribution >= 4 is 11.8 Å². The predicted octanol–water partition coefficient (Wildman–Crippen LogP) is 0.386. The Bertz CT molecular complexity index is 472. The minimum atomic E-state index is -1.45. The molecule has 18 heavy (non-hydrogen) atoms. The van der Waals surface area contributed by atoms with Crippen LogP contribution in [0.5, 0.6) is 5.75 Å². The molecule has 6 nitrogen and oxygen atoms in total. The summed E-state index contributed by atoms with van der Waals surface area (Å²) in [7, 11) is 0. The summed E-state index contributed by atoms with van der Waals surface area (Å²) in [6.07, 6.45) is 0. The highest BCUT2D eigenvalue weighted by Crippen LogP contribution is 2.16. The maximum atomic E-state index is 11.6. The molecule has 1 aromatic rings. The molecule has 2 N–H and O–H groups in total. The Hall–Kier alpha value is -1.92. The van der Waals surface area contributed by atoms with Crippen LogP contribution in [-0.4, -0.2) is 34.4 Å². The fourth-order valence-corrected chi connectivity index (χ4v) is 1.20. The number of hydrogen-bond donors (Lipinski definition) is 2. The summed E-state index contributed by atoms with van der Waals surface area (Å²) in [5, 5.41) is 29.2. The van der Waals surface area contributed by atoms with E-state index < -0.39 is 35.5 Å². The van der Waals surface area contributed by atoms with E-state index in [2.05, 4.69) is 0 Å². The molecule has 0 saturated carbocycles. The molecule has 0 aliphatic heterocycles. The number of rotatable bonds is 5. The van der Waals surface area contributed by atoms with E-state index in [0.717, 1.165) is 12.1 Å². The molecule has 0 heterocycles. The maximum absolute atomic E-state index is 11.6. The number of Topliss-reactive ketones (excluding diaryl/α,β-unsaturated/α-hetero) is 1. The van der Waals surface area contributed by atoms with Gasteiger partial charge in [0.15, 0.2) is 11.6 Å². The zero-order chi connectivity index (χ0) is 13.9. The van der Waals surface area contributed by atoms with E-state index in [-0.39, 0.29) is 5.56 Å². The number of carbonyl (C=O) groups excluding carboxylic acids is 1. The van der Waals surface area contributed by atoms with E-state index in [0.29, 0.717) is 0 Å². The second-order valence-corrected chi connectivity index (χ2v) is 4.17. The van der Waals surface area contributed by atoms with Crippen molar-refractivity contribution in [1.82, 2.24) is 0 Å². The average molecular weight is 253 g/mol. The second kappa shape index (κ2) is 5.16. The number of hydrogen-bond acceptors (Lipinski definition) is 5. The third-order valence-corrected chi connectivity index (χ3v) is 2.09. The zero-order valence-electron chi connectivity index (χ0n) is 9.97. The van der Waals surface area contributed by atoms with Gasteiger partial charge in [0.2, 0.25) is 0 Å². The van der Waals surface area contributed by atoms with Crippen LogP contribution in [0.15, 0.2) is 18.2 Å². The number of aliphatic hydroxyl groups is 1. The summed E-state index contributed by atoms with van der Waals surface area (Å²) in [4.78, 5) is 22.4. The largest absolute Gasteiger partial charge is 0.872 e. The lowest BCUT2D eigenvalue weighted by Crippen LogP contribution is -2.26. The van der Waals surface area contributed by atoms with Crippen molar-refractivity contribution in [2.45, 2.75) is 19.6 Å². The minimum Gasteiger partial charge on any atom is -0.872 e. The first-order valence-corrected chi connectivity index (χ1v) is 5.14. The summed E-state index contributed by atoms with van der Waals surface area (Å²) in [6.45, 7) is 2.33. The molecule has 0 amide bonds. The van der Waals surface area contributed by atoms with Crippen molar-refractivity contribution in [1.29, 1.82) is 0 Å². The van der Waals surface area contributed by atoms with Crippen LogP contribution in [0.2, 0.25) is 0 Å². The minimum absolute atomic E-state index is 0.0521. The maximum Gasteiger partial charge on any atom is 0.335 e. The highest BCUT2D eigenvalue weighted by molar-refractivity contribution is 6.00. The van der Waals surface area contributed by atoms with Crippen molar-refractivity contribution in [2.24, 2.45) is 0 Å². The molecule has 0 unspecified atom stereocenters. The number of aromatic carboxylic acids is 1. The zero-order valence-corrected chi connectivity index (χ0v) is 9.97. The van der Waals surface area contributed by atoms with Gasteiger partial charge in [-0.05, 0) is 19.9 Å². The van der Waals surface area contributed by atoms with Crippen molar-refractivity contribution in [2.75, 3.05) is 6.61 Å². The van der Waals surface area contributed by atoms with E-state index in [1.54, 1.807) is 0 Å². The first-order valence-electron chi connectivity index (χ1n) is 5.14. The lowest BCUT2D eigenvalue weighted by molar-refractivity contribution is -0.268. The average Bonchev–Trinajstić information content (AvgIpc) is 2.25. The van der Waals surface area contributed by atoms with E-state index in [9.17, 15) is 19.8 Å². The van der Waals surface area contributed by atoms with Crippen LogP contribution in [-0.2, 0) is 4.74 Å². The second-order valence-electron chi connectivity index (χ2n) is 4.17. The van der Waals surface area contributed by atoms with E-state index in [1.165, 1.54) is 19.9 Å². The third kappa shape index (κ3) is 3.83. The molecule has 0 aliphatic carbocycles. The van der Waals surface area contributed by atoms with Gasteiger partial charge in [-0.3, -0.25) is 4.79 Å². The van der Waals surface area contributed by atoms with Gasteiger partial charge in [-0.2, -0.15) is 0 Å². The highest BCUT2D eigenvalue weighted by Gasteiger charge is 2.17. The lowest BCUT2D eigenvalue weighted by Gasteiger charge is -2.17. The lowest BCUT2D eigenvalue weighted by atomic mass is 10.1. The van der Waals surface area contributed by atoms with Gasteiger partial charge >= 0.3 is 5.97 Å². The molecular formula is C12H13O6-. The monoisotopic (exact) mass is 253 g/mol. The first-order chi connectivity index (χ1) is 8.20. The molecule has 98 valence electrons. The third-order valence-electron chi connectivity index (χ3n) is 2.09. The van der Waals surface area contributed by atoms with Crippen LogP contribution in [0.4, 0.5) is 0 Å². The van der Waals surface area contributed by atoms with Crippen LogP contribution in [0.1, 0.15) is 34.6 Å². The van der Waals surface area contributed by atoms with Gasteiger partial charge in [0.1, 0.15) is 6.61 Å². The molecule has 6 heteroatoms. The number of ketones is 1. The van der Waals surface area contributed by atoms with Gasteiger partial charge in [0.05, 0.1) is 5.56 Å². The number of carbonyl (C=O) groups is 2. The smallest absolute Gasteiger partial charge is 0.335 e. The molecule has 0 spiro atoms. The SMILES string of the molecule is CC(C)(O)OCC(=O)c1ccc([O-])c(C(=O)O)c1. The Morgan fingerprint density at radius 1 is 1.39 bits per heavy atom. The normalized spacial score (nSPS) is 11.3. The van der Waals surface area contributed by atoms with Gasteiger partial charge in [-0.1, -0.05) is 17.9 Å². The molecule has 1 aromatic carbocycles. The fourth-order valence-electron chi connectivity index (χ4n) is 1.20. The Morgan fingerprint density at radius 2 is 2.00 bits per heavy atom. The summed E-state index contributed by atoms with van der Waals surface area (Å²) in [6, 6.07) is 3.24. The summed E-state index contributed by atoms with van der Waals surface area (Å²) >= 11 is 0. The van der Waals surface area contributed by atoms with Gasteiger partial charge in [0.25, 0.3) is 0 Å². The standard InChI is InChI=1S/C12H14O6/c1-12(2,17)18-6-10(14)7-3-4-9(13)8(5-7)11(15)16/h3-5,13,17H,6H2,1-2H3,(H,15,16)/p-1. The number of benzene rings is 1. The van der Waals surface area contributed by atoms with Gasteiger partial charge in [-0.15, -0.1) is 0 Å². The van der Waals surface area contributed by atoms with Crippen LogP contribution < -0.4 is 5.11 Å². The van der Waals surface area contributed by atoms with E-state index in [4.69, 9.17) is 9.84 Å².